The molecule has 4 aliphatic carbocycles. The summed E-state index contributed by atoms with van der Waals surface area (Å²) in [4.78, 5) is 0. The minimum absolute atomic E-state index is 0.0439. The summed E-state index contributed by atoms with van der Waals surface area (Å²) in [6.45, 7) is 11.2. The molecule has 3 unspecified atom stereocenters. The summed E-state index contributed by atoms with van der Waals surface area (Å²) in [7, 11) is 0. The highest BCUT2D eigenvalue weighted by atomic mass is 16.5. The standard InChI is InChI=1S/C27H43NO2/c1-16-7-12-27(28-15-16)17(2)24-23(30-27)14-22-20-6-5-18-13-19(29)8-10-25(18,3)21(20)9-11-26(22,24)4/h5,16-17,19-24,28-29H,6-15H2,1-4H3/t16?,17?,19?,20-,21-,22+,23+,24-,25+,26+,27-/m1/s1. The molecule has 168 valence electrons. The van der Waals surface area contributed by atoms with E-state index < -0.39 is 0 Å². The molecule has 0 bridgehead atoms. The number of aliphatic hydroxyl groups is 1. The van der Waals surface area contributed by atoms with Gasteiger partial charge in [-0.2, -0.15) is 0 Å². The Morgan fingerprint density at radius 1 is 1.07 bits per heavy atom. The van der Waals surface area contributed by atoms with Crippen LogP contribution < -0.4 is 5.32 Å². The van der Waals surface area contributed by atoms with E-state index >= 15 is 0 Å². The molecule has 0 aromatic rings. The minimum atomic E-state index is -0.100. The van der Waals surface area contributed by atoms with Gasteiger partial charge in [0.2, 0.25) is 0 Å². The molecule has 2 aliphatic heterocycles. The van der Waals surface area contributed by atoms with Gasteiger partial charge in [0, 0.05) is 12.5 Å². The van der Waals surface area contributed by atoms with Crippen molar-refractivity contribution >= 4 is 0 Å². The molecular weight excluding hydrogens is 370 g/mol. The number of fused-ring (bicyclic) bond motifs is 7. The maximum Gasteiger partial charge on any atom is 0.122 e. The Kier molecular flexibility index (Phi) is 4.44. The lowest BCUT2D eigenvalue weighted by Crippen LogP contribution is -2.57. The van der Waals surface area contributed by atoms with Gasteiger partial charge in [-0.1, -0.05) is 39.3 Å². The molecule has 0 aromatic carbocycles. The average molecular weight is 414 g/mol. The van der Waals surface area contributed by atoms with Crippen molar-refractivity contribution in [2.24, 2.45) is 46.3 Å². The number of ether oxygens (including phenoxy) is 1. The Balaban J connectivity index is 1.28. The van der Waals surface area contributed by atoms with E-state index in [9.17, 15) is 5.11 Å². The van der Waals surface area contributed by atoms with Crippen LogP contribution in [0.15, 0.2) is 11.6 Å². The van der Waals surface area contributed by atoms with E-state index in [1.165, 1.54) is 44.9 Å². The number of allylic oxidation sites excluding steroid dienone is 1. The van der Waals surface area contributed by atoms with E-state index in [2.05, 4.69) is 39.1 Å². The van der Waals surface area contributed by atoms with Gasteiger partial charge in [0.15, 0.2) is 0 Å². The zero-order chi connectivity index (χ0) is 20.9. The zero-order valence-corrected chi connectivity index (χ0v) is 19.6. The summed E-state index contributed by atoms with van der Waals surface area (Å²) in [5.41, 5.74) is 2.33. The normalized spacial score (nSPS) is 59.8. The molecule has 2 heterocycles. The molecule has 2 saturated heterocycles. The van der Waals surface area contributed by atoms with Gasteiger partial charge in [-0.3, -0.25) is 5.32 Å². The molecule has 3 heteroatoms. The third-order valence-electron chi connectivity index (χ3n) is 11.6. The van der Waals surface area contributed by atoms with Crippen LogP contribution >= 0.6 is 0 Å². The largest absolute Gasteiger partial charge is 0.393 e. The molecule has 11 atom stereocenters. The second kappa shape index (κ2) is 6.58. The Morgan fingerprint density at radius 2 is 1.90 bits per heavy atom. The van der Waals surface area contributed by atoms with Gasteiger partial charge in [0.25, 0.3) is 0 Å². The minimum Gasteiger partial charge on any atom is -0.393 e. The van der Waals surface area contributed by atoms with Gasteiger partial charge >= 0.3 is 0 Å². The van der Waals surface area contributed by atoms with E-state index in [0.717, 1.165) is 49.0 Å². The molecule has 1 spiro atoms. The summed E-state index contributed by atoms with van der Waals surface area (Å²) < 4.78 is 7.00. The van der Waals surface area contributed by atoms with Gasteiger partial charge in [-0.15, -0.1) is 0 Å². The van der Waals surface area contributed by atoms with E-state index in [-0.39, 0.29) is 11.8 Å². The molecule has 5 fully saturated rings. The van der Waals surface area contributed by atoms with Gasteiger partial charge in [-0.25, -0.2) is 0 Å². The molecule has 6 rings (SSSR count). The van der Waals surface area contributed by atoms with Crippen LogP contribution in [0.2, 0.25) is 0 Å². The molecule has 0 aromatic heterocycles. The first-order chi connectivity index (χ1) is 14.3. The fourth-order valence-corrected chi connectivity index (χ4v) is 9.84. The fraction of sp³-hybridized carbons (Fsp3) is 0.926. The van der Waals surface area contributed by atoms with Crippen molar-refractivity contribution in [3.05, 3.63) is 11.6 Å². The smallest absolute Gasteiger partial charge is 0.122 e. The lowest BCUT2D eigenvalue weighted by Gasteiger charge is -2.58. The number of hydrogen-bond acceptors (Lipinski definition) is 3. The molecule has 2 N–H and O–H groups in total. The first-order valence-electron chi connectivity index (χ1n) is 13.1. The molecule has 6 aliphatic rings. The van der Waals surface area contributed by atoms with Crippen molar-refractivity contribution < 1.29 is 9.84 Å². The highest BCUT2D eigenvalue weighted by molar-refractivity contribution is 5.26. The summed E-state index contributed by atoms with van der Waals surface area (Å²) in [6.07, 6.45) is 13.8. The molecule has 0 amide bonds. The van der Waals surface area contributed by atoms with Crippen LogP contribution in [0.1, 0.15) is 85.5 Å². The van der Waals surface area contributed by atoms with Crippen LogP contribution in [0.4, 0.5) is 0 Å². The molecular formula is C27H43NO2. The van der Waals surface area contributed by atoms with Crippen LogP contribution in [0.3, 0.4) is 0 Å². The third-order valence-corrected chi connectivity index (χ3v) is 11.6. The van der Waals surface area contributed by atoms with E-state index in [4.69, 9.17) is 4.74 Å². The van der Waals surface area contributed by atoms with Gasteiger partial charge in [0.05, 0.1) is 12.2 Å². The molecule has 0 radical (unpaired) electrons. The van der Waals surface area contributed by atoms with Crippen LogP contribution in [-0.4, -0.2) is 29.6 Å². The monoisotopic (exact) mass is 413 g/mol. The number of rotatable bonds is 0. The van der Waals surface area contributed by atoms with E-state index in [1.807, 2.05) is 0 Å². The third kappa shape index (κ3) is 2.55. The number of hydrogen-bond donors (Lipinski definition) is 2. The van der Waals surface area contributed by atoms with Crippen molar-refractivity contribution in [3.8, 4) is 0 Å². The van der Waals surface area contributed by atoms with Crippen LogP contribution in [-0.2, 0) is 4.74 Å². The summed E-state index contributed by atoms with van der Waals surface area (Å²) in [5.74, 6) is 4.58. The average Bonchev–Trinajstić information content (AvgIpc) is 3.16. The molecule has 30 heavy (non-hydrogen) atoms. The first-order valence-corrected chi connectivity index (χ1v) is 13.1. The zero-order valence-electron chi connectivity index (χ0n) is 19.6. The molecule has 3 nitrogen and oxygen atoms in total. The maximum atomic E-state index is 10.3. The first kappa shape index (κ1) is 20.2. The van der Waals surface area contributed by atoms with E-state index in [1.54, 1.807) is 5.57 Å². The predicted octanol–water partition coefficient (Wildman–Crippen LogP) is 5.29. The lowest BCUT2D eigenvalue weighted by atomic mass is 9.47. The van der Waals surface area contributed by atoms with Crippen molar-refractivity contribution in [2.45, 2.75) is 103 Å². The second-order valence-electron chi connectivity index (χ2n) is 12.8. The highest BCUT2D eigenvalue weighted by Crippen LogP contribution is 2.70. The summed E-state index contributed by atoms with van der Waals surface area (Å²) in [6, 6.07) is 0. The van der Waals surface area contributed by atoms with Crippen LogP contribution in [0.5, 0.6) is 0 Å². The van der Waals surface area contributed by atoms with E-state index in [0.29, 0.717) is 22.9 Å². The molecule has 3 saturated carbocycles. The Hall–Kier alpha value is -0.380. The number of piperidine rings is 1. The number of aliphatic hydroxyl groups excluding tert-OH is 1. The van der Waals surface area contributed by atoms with Gasteiger partial charge in [0.1, 0.15) is 5.72 Å². The van der Waals surface area contributed by atoms with Gasteiger partial charge < -0.3 is 9.84 Å². The Morgan fingerprint density at radius 3 is 2.67 bits per heavy atom. The maximum absolute atomic E-state index is 10.3. The van der Waals surface area contributed by atoms with Crippen molar-refractivity contribution in [1.29, 1.82) is 0 Å². The van der Waals surface area contributed by atoms with Gasteiger partial charge in [-0.05, 0) is 98.2 Å². The van der Waals surface area contributed by atoms with Crippen LogP contribution in [0, 0.1) is 46.3 Å². The fourth-order valence-electron chi connectivity index (χ4n) is 9.84. The highest BCUT2D eigenvalue weighted by Gasteiger charge is 2.68. The summed E-state index contributed by atoms with van der Waals surface area (Å²) >= 11 is 0. The summed E-state index contributed by atoms with van der Waals surface area (Å²) in [5, 5.41) is 14.1. The second-order valence-corrected chi connectivity index (χ2v) is 12.8. The van der Waals surface area contributed by atoms with Crippen LogP contribution in [0.25, 0.3) is 0 Å². The quantitative estimate of drug-likeness (QED) is 0.530. The number of nitrogens with one attached hydrogen (secondary N) is 1. The van der Waals surface area contributed by atoms with Crippen molar-refractivity contribution in [3.63, 3.8) is 0 Å². The Bertz CT molecular complexity index is 739. The SMILES string of the molecule is CC1CC[C@@]2(NC1)O[C@H]1C[C@H]3[C@@H]4CC=C5CC(O)CC[C@]5(C)[C@@H]4CC[C@]3(C)[C@@H]1C2C. The predicted molar refractivity (Wildman–Crippen MR) is 120 cm³/mol. The lowest BCUT2D eigenvalue weighted by molar-refractivity contribution is -0.115. The topological polar surface area (TPSA) is 41.5 Å². The van der Waals surface area contributed by atoms with Crippen molar-refractivity contribution in [1.82, 2.24) is 5.32 Å². The Labute approximate surface area is 183 Å². The van der Waals surface area contributed by atoms with Crippen molar-refractivity contribution in [2.75, 3.05) is 6.54 Å².